The predicted octanol–water partition coefficient (Wildman–Crippen LogP) is 2.72. The lowest BCUT2D eigenvalue weighted by molar-refractivity contribution is 0.102. The maximum Gasteiger partial charge on any atom is 0.275 e. The highest BCUT2D eigenvalue weighted by Crippen LogP contribution is 2.21. The van der Waals surface area contributed by atoms with Crippen LogP contribution < -0.4 is 15.1 Å². The number of carbonyl (C=O) groups excluding carboxylic acids is 1. The lowest BCUT2D eigenvalue weighted by Gasteiger charge is -2.34. The summed E-state index contributed by atoms with van der Waals surface area (Å²) in [5.41, 5.74) is 2.29. The van der Waals surface area contributed by atoms with Crippen LogP contribution in [0.15, 0.2) is 36.7 Å². The summed E-state index contributed by atoms with van der Waals surface area (Å²) in [5, 5.41) is 2.92. The highest BCUT2D eigenvalue weighted by Gasteiger charge is 2.18. The molecule has 29 heavy (non-hydrogen) atoms. The van der Waals surface area contributed by atoms with Crippen LogP contribution in [0.1, 0.15) is 30.3 Å². The van der Waals surface area contributed by atoms with Gasteiger partial charge in [-0.3, -0.25) is 4.79 Å². The number of nitrogens with one attached hydrogen (secondary N) is 1. The molecule has 2 aliphatic rings. The van der Waals surface area contributed by atoms with Crippen molar-refractivity contribution in [2.75, 3.05) is 61.4 Å². The topological polar surface area (TPSA) is 64.6 Å². The monoisotopic (exact) mass is 394 g/mol. The summed E-state index contributed by atoms with van der Waals surface area (Å²) in [6, 6.07) is 8.02. The lowest BCUT2D eigenvalue weighted by Crippen LogP contribution is -2.44. The van der Waals surface area contributed by atoms with Crippen LogP contribution in [-0.2, 0) is 0 Å². The number of nitrogens with zero attached hydrogens (tertiary/aromatic N) is 5. The minimum absolute atomic E-state index is 0.233. The fourth-order valence-electron chi connectivity index (χ4n) is 3.85. The standard InChI is InChI=1S/C22H30N6O/c1-17-7-9-28(10-8-17)21-16-23-20(15-24-21)22(29)25-18-3-5-19(6-4-18)27-13-11-26(2)12-14-27/h3-6,15-17H,7-14H2,1-2H3,(H,25,29). The molecular weight excluding hydrogens is 364 g/mol. The first kappa shape index (κ1) is 19.6. The maximum absolute atomic E-state index is 12.5. The smallest absolute Gasteiger partial charge is 0.275 e. The van der Waals surface area contributed by atoms with Crippen molar-refractivity contribution in [1.29, 1.82) is 0 Å². The van der Waals surface area contributed by atoms with Gasteiger partial charge in [-0.15, -0.1) is 0 Å². The second-order valence-corrected chi connectivity index (χ2v) is 8.22. The van der Waals surface area contributed by atoms with E-state index in [1.165, 1.54) is 18.5 Å². The first-order valence-electron chi connectivity index (χ1n) is 10.5. The van der Waals surface area contributed by atoms with Crippen molar-refractivity contribution in [3.8, 4) is 0 Å². The van der Waals surface area contributed by atoms with Crippen molar-refractivity contribution in [3.05, 3.63) is 42.4 Å². The van der Waals surface area contributed by atoms with Gasteiger partial charge in [-0.05, 0) is 50.1 Å². The van der Waals surface area contributed by atoms with Crippen molar-refractivity contribution in [3.63, 3.8) is 0 Å². The number of hydrogen-bond acceptors (Lipinski definition) is 6. The normalized spacial score (nSPS) is 18.7. The van der Waals surface area contributed by atoms with Crippen molar-refractivity contribution in [1.82, 2.24) is 14.9 Å². The summed E-state index contributed by atoms with van der Waals surface area (Å²) in [4.78, 5) is 28.3. The van der Waals surface area contributed by atoms with Gasteiger partial charge >= 0.3 is 0 Å². The van der Waals surface area contributed by atoms with Gasteiger partial charge in [-0.25, -0.2) is 9.97 Å². The molecule has 0 unspecified atom stereocenters. The Morgan fingerprint density at radius 2 is 1.62 bits per heavy atom. The van der Waals surface area contributed by atoms with Crippen LogP contribution >= 0.6 is 0 Å². The molecule has 2 fully saturated rings. The molecule has 0 atom stereocenters. The Balaban J connectivity index is 1.34. The Morgan fingerprint density at radius 3 is 2.24 bits per heavy atom. The summed E-state index contributed by atoms with van der Waals surface area (Å²) in [6.07, 6.45) is 5.63. The van der Waals surface area contributed by atoms with Crippen LogP contribution in [0.4, 0.5) is 17.2 Å². The minimum atomic E-state index is -0.233. The largest absolute Gasteiger partial charge is 0.369 e. The molecule has 1 amide bonds. The van der Waals surface area contributed by atoms with Gasteiger partial charge in [0.2, 0.25) is 0 Å². The molecule has 2 aromatic rings. The number of carbonyl (C=O) groups is 1. The number of benzene rings is 1. The molecular formula is C22H30N6O. The van der Waals surface area contributed by atoms with Crippen LogP contribution in [0.3, 0.4) is 0 Å². The lowest BCUT2D eigenvalue weighted by atomic mass is 9.99. The Kier molecular flexibility index (Phi) is 5.94. The summed E-state index contributed by atoms with van der Waals surface area (Å²) < 4.78 is 0. The minimum Gasteiger partial charge on any atom is -0.369 e. The molecule has 0 spiro atoms. The second-order valence-electron chi connectivity index (χ2n) is 8.22. The highest BCUT2D eigenvalue weighted by molar-refractivity contribution is 6.02. The first-order chi connectivity index (χ1) is 14.1. The third-order valence-electron chi connectivity index (χ3n) is 5.97. The number of piperazine rings is 1. The third-order valence-corrected chi connectivity index (χ3v) is 5.97. The van der Waals surface area contributed by atoms with Gasteiger partial charge in [0.1, 0.15) is 11.5 Å². The van der Waals surface area contributed by atoms with Crippen LogP contribution in [0.2, 0.25) is 0 Å². The molecule has 154 valence electrons. The van der Waals surface area contributed by atoms with Gasteiger partial charge in [0, 0.05) is 50.6 Å². The van der Waals surface area contributed by atoms with Gasteiger partial charge < -0.3 is 20.0 Å². The van der Waals surface area contributed by atoms with Crippen LogP contribution in [0, 0.1) is 5.92 Å². The SMILES string of the molecule is CC1CCN(c2cnc(C(=O)Nc3ccc(N4CCN(C)CC4)cc3)cn2)CC1. The van der Waals surface area contributed by atoms with E-state index in [1.807, 2.05) is 12.1 Å². The fraction of sp³-hybridized carbons (Fsp3) is 0.500. The molecule has 0 aliphatic carbocycles. The number of anilines is 3. The van der Waals surface area contributed by atoms with E-state index in [0.717, 1.165) is 56.7 Å². The van der Waals surface area contributed by atoms with Gasteiger partial charge in [0.25, 0.3) is 5.91 Å². The third kappa shape index (κ3) is 4.85. The Bertz CT molecular complexity index is 806. The van der Waals surface area contributed by atoms with E-state index in [0.29, 0.717) is 5.69 Å². The molecule has 4 rings (SSSR count). The van der Waals surface area contributed by atoms with Gasteiger partial charge in [-0.2, -0.15) is 0 Å². The Labute approximate surface area is 172 Å². The number of rotatable bonds is 4. The number of likely N-dealkylation sites (N-methyl/N-ethyl adjacent to an activating group) is 1. The molecule has 0 bridgehead atoms. The summed E-state index contributed by atoms with van der Waals surface area (Å²) >= 11 is 0. The fourth-order valence-corrected chi connectivity index (χ4v) is 3.85. The van der Waals surface area contributed by atoms with Gasteiger partial charge in [0.05, 0.1) is 12.4 Å². The van der Waals surface area contributed by atoms with Crippen molar-refractivity contribution in [2.45, 2.75) is 19.8 Å². The predicted molar refractivity (Wildman–Crippen MR) is 117 cm³/mol. The molecule has 0 saturated carbocycles. The summed E-state index contributed by atoms with van der Waals surface area (Å²) in [6.45, 7) is 8.49. The van der Waals surface area contributed by atoms with E-state index < -0.39 is 0 Å². The van der Waals surface area contributed by atoms with E-state index in [1.54, 1.807) is 12.4 Å². The zero-order valence-corrected chi connectivity index (χ0v) is 17.3. The zero-order valence-electron chi connectivity index (χ0n) is 17.3. The molecule has 1 aromatic heterocycles. The quantitative estimate of drug-likeness (QED) is 0.860. The summed E-state index contributed by atoms with van der Waals surface area (Å²) in [7, 11) is 2.15. The van der Waals surface area contributed by atoms with Crippen LogP contribution in [0.25, 0.3) is 0 Å². The van der Waals surface area contributed by atoms with E-state index in [-0.39, 0.29) is 5.91 Å². The molecule has 7 heteroatoms. The highest BCUT2D eigenvalue weighted by atomic mass is 16.1. The molecule has 1 N–H and O–H groups in total. The molecule has 2 saturated heterocycles. The molecule has 1 aromatic carbocycles. The Morgan fingerprint density at radius 1 is 0.931 bits per heavy atom. The van der Waals surface area contributed by atoms with E-state index in [2.05, 4.69) is 56.1 Å². The van der Waals surface area contributed by atoms with Crippen molar-refractivity contribution >= 4 is 23.1 Å². The van der Waals surface area contributed by atoms with Gasteiger partial charge in [-0.1, -0.05) is 6.92 Å². The maximum atomic E-state index is 12.5. The molecule has 0 radical (unpaired) electrons. The molecule has 7 nitrogen and oxygen atoms in total. The van der Waals surface area contributed by atoms with Crippen molar-refractivity contribution in [2.24, 2.45) is 5.92 Å². The zero-order chi connectivity index (χ0) is 20.2. The van der Waals surface area contributed by atoms with Crippen LogP contribution in [-0.4, -0.2) is 67.1 Å². The number of piperidine rings is 1. The molecule has 2 aliphatic heterocycles. The number of aromatic nitrogens is 2. The van der Waals surface area contributed by atoms with Crippen LogP contribution in [0.5, 0.6) is 0 Å². The first-order valence-corrected chi connectivity index (χ1v) is 10.5. The second kappa shape index (κ2) is 8.78. The number of hydrogen-bond donors (Lipinski definition) is 1. The van der Waals surface area contributed by atoms with E-state index in [9.17, 15) is 4.79 Å². The molecule has 3 heterocycles. The van der Waals surface area contributed by atoms with Gasteiger partial charge in [0.15, 0.2) is 0 Å². The van der Waals surface area contributed by atoms with Crippen molar-refractivity contribution < 1.29 is 4.79 Å². The van der Waals surface area contributed by atoms with E-state index >= 15 is 0 Å². The number of amides is 1. The van der Waals surface area contributed by atoms with E-state index in [4.69, 9.17) is 0 Å². The summed E-state index contributed by atoms with van der Waals surface area (Å²) in [5.74, 6) is 1.39. The Hall–Kier alpha value is -2.67. The average molecular weight is 395 g/mol. The average Bonchev–Trinajstić information content (AvgIpc) is 2.76.